The van der Waals surface area contributed by atoms with Crippen molar-refractivity contribution in [3.8, 4) is 0 Å². The Labute approximate surface area is 140 Å². The first-order valence-corrected chi connectivity index (χ1v) is 9.20. The van der Waals surface area contributed by atoms with Gasteiger partial charge in [0, 0.05) is 31.2 Å². The van der Waals surface area contributed by atoms with E-state index in [1.165, 1.54) is 48.1 Å². The smallest absolute Gasteiger partial charge is 0.0759 e. The van der Waals surface area contributed by atoms with Crippen LogP contribution in [0.2, 0.25) is 0 Å². The minimum Gasteiger partial charge on any atom is -0.389 e. The predicted molar refractivity (Wildman–Crippen MR) is 95.4 cm³/mol. The third-order valence-corrected chi connectivity index (χ3v) is 6.60. The van der Waals surface area contributed by atoms with Crippen LogP contribution >= 0.6 is 0 Å². The van der Waals surface area contributed by atoms with Gasteiger partial charge in [-0.1, -0.05) is 25.3 Å². The highest BCUT2D eigenvalue weighted by Crippen LogP contribution is 2.55. The second-order valence-corrected chi connectivity index (χ2v) is 8.40. The highest BCUT2D eigenvalue weighted by Gasteiger charge is 2.57. The molecule has 1 fully saturated rings. The Morgan fingerprint density at radius 3 is 2.57 bits per heavy atom. The summed E-state index contributed by atoms with van der Waals surface area (Å²) in [4.78, 5) is 4.64. The van der Waals surface area contributed by atoms with Gasteiger partial charge in [0.1, 0.15) is 0 Å². The van der Waals surface area contributed by atoms with E-state index < -0.39 is 5.60 Å². The van der Waals surface area contributed by atoms with Crippen molar-refractivity contribution < 1.29 is 5.11 Å². The number of fused-ring (bicyclic) bond motifs is 2. The SMILES string of the molecule is CN(C)CC1(C2(O)CCCCC2)Cc2cc3c(cc21)N(C)CC3. The van der Waals surface area contributed by atoms with Crippen LogP contribution in [0.3, 0.4) is 0 Å². The van der Waals surface area contributed by atoms with E-state index in [0.29, 0.717) is 0 Å². The van der Waals surface area contributed by atoms with Crippen LogP contribution in [0.25, 0.3) is 0 Å². The lowest BCUT2D eigenvalue weighted by molar-refractivity contribution is -0.0869. The Morgan fingerprint density at radius 2 is 1.87 bits per heavy atom. The van der Waals surface area contributed by atoms with E-state index in [-0.39, 0.29) is 5.41 Å². The normalized spacial score (nSPS) is 28.5. The number of nitrogens with zero attached hydrogens (tertiary/aromatic N) is 2. The summed E-state index contributed by atoms with van der Waals surface area (Å²) >= 11 is 0. The van der Waals surface area contributed by atoms with Crippen LogP contribution in [0, 0.1) is 0 Å². The Bertz CT molecular complexity index is 618. The summed E-state index contributed by atoms with van der Waals surface area (Å²) in [5.74, 6) is 0. The van der Waals surface area contributed by atoms with Gasteiger partial charge < -0.3 is 14.9 Å². The van der Waals surface area contributed by atoms with Crippen LogP contribution in [0.15, 0.2) is 12.1 Å². The molecule has 1 N–H and O–H groups in total. The van der Waals surface area contributed by atoms with Crippen molar-refractivity contribution >= 4 is 5.69 Å². The van der Waals surface area contributed by atoms with Crippen molar-refractivity contribution in [3.63, 3.8) is 0 Å². The molecule has 23 heavy (non-hydrogen) atoms. The van der Waals surface area contributed by atoms with Crippen molar-refractivity contribution in [2.24, 2.45) is 0 Å². The Kier molecular flexibility index (Phi) is 3.51. The Morgan fingerprint density at radius 1 is 1.13 bits per heavy atom. The van der Waals surface area contributed by atoms with Crippen LogP contribution in [-0.2, 0) is 18.3 Å². The van der Waals surface area contributed by atoms with E-state index in [1.54, 1.807) is 0 Å². The molecule has 0 saturated heterocycles. The van der Waals surface area contributed by atoms with Gasteiger partial charge >= 0.3 is 0 Å². The molecule has 1 unspecified atom stereocenters. The topological polar surface area (TPSA) is 26.7 Å². The molecule has 0 spiro atoms. The van der Waals surface area contributed by atoms with Gasteiger partial charge in [-0.25, -0.2) is 0 Å². The largest absolute Gasteiger partial charge is 0.389 e. The number of aliphatic hydroxyl groups is 1. The Balaban J connectivity index is 1.79. The molecule has 3 aliphatic rings. The number of anilines is 1. The molecule has 1 aromatic carbocycles. The summed E-state index contributed by atoms with van der Waals surface area (Å²) in [5, 5.41) is 11.6. The second kappa shape index (κ2) is 5.22. The van der Waals surface area contributed by atoms with Crippen LogP contribution in [0.4, 0.5) is 5.69 Å². The molecule has 1 aromatic rings. The fraction of sp³-hybridized carbons (Fsp3) is 0.700. The number of hydrogen-bond donors (Lipinski definition) is 1. The first-order chi connectivity index (χ1) is 11.0. The van der Waals surface area contributed by atoms with Gasteiger partial charge in [0.15, 0.2) is 0 Å². The lowest BCUT2D eigenvalue weighted by atomic mass is 9.51. The van der Waals surface area contributed by atoms with E-state index in [2.05, 4.69) is 43.1 Å². The monoisotopic (exact) mass is 314 g/mol. The molecule has 1 atom stereocenters. The zero-order valence-corrected chi connectivity index (χ0v) is 14.9. The Hall–Kier alpha value is -1.06. The van der Waals surface area contributed by atoms with Crippen molar-refractivity contribution in [2.75, 3.05) is 39.1 Å². The fourth-order valence-corrected chi connectivity index (χ4v) is 5.41. The van der Waals surface area contributed by atoms with Gasteiger partial charge in [-0.05, 0) is 62.5 Å². The van der Waals surface area contributed by atoms with E-state index in [1.807, 2.05) is 0 Å². The molecule has 0 aromatic heterocycles. The predicted octanol–water partition coefficient (Wildman–Crippen LogP) is 2.73. The molecule has 0 bridgehead atoms. The maximum atomic E-state index is 11.6. The summed E-state index contributed by atoms with van der Waals surface area (Å²) in [6.07, 6.45) is 7.77. The standard InChI is InChI=1S/C20H30N2O/c1-21(2)14-19(20(23)8-5-4-6-9-20)13-16-11-15-7-10-22(3)18(15)12-17(16)19/h11-12,23H,4-10,13-14H2,1-3H3. The van der Waals surface area contributed by atoms with Crippen molar-refractivity contribution in [1.82, 2.24) is 4.90 Å². The number of likely N-dealkylation sites (N-methyl/N-ethyl adjacent to an activating group) is 2. The molecular formula is C20H30N2O. The van der Waals surface area contributed by atoms with E-state index in [4.69, 9.17) is 0 Å². The first-order valence-electron chi connectivity index (χ1n) is 9.20. The lowest BCUT2D eigenvalue weighted by Gasteiger charge is -2.57. The quantitative estimate of drug-likeness (QED) is 0.929. The molecule has 3 nitrogen and oxygen atoms in total. The number of hydrogen-bond acceptors (Lipinski definition) is 3. The maximum absolute atomic E-state index is 11.6. The third-order valence-electron chi connectivity index (χ3n) is 6.60. The molecule has 0 amide bonds. The molecule has 0 radical (unpaired) electrons. The summed E-state index contributed by atoms with van der Waals surface area (Å²) in [6.45, 7) is 2.09. The summed E-state index contributed by atoms with van der Waals surface area (Å²) in [6, 6.07) is 4.84. The maximum Gasteiger partial charge on any atom is 0.0759 e. The van der Waals surface area contributed by atoms with Crippen molar-refractivity contribution in [3.05, 3.63) is 28.8 Å². The van der Waals surface area contributed by atoms with E-state index in [9.17, 15) is 5.11 Å². The molecule has 4 rings (SSSR count). The van der Waals surface area contributed by atoms with Crippen LogP contribution in [-0.4, -0.2) is 49.8 Å². The van der Waals surface area contributed by atoms with Gasteiger partial charge in [0.2, 0.25) is 0 Å². The van der Waals surface area contributed by atoms with Gasteiger partial charge in [0.05, 0.1) is 5.60 Å². The molecule has 126 valence electrons. The van der Waals surface area contributed by atoms with Crippen LogP contribution in [0.1, 0.15) is 48.8 Å². The zero-order chi connectivity index (χ0) is 16.2. The summed E-state index contributed by atoms with van der Waals surface area (Å²) in [5.41, 5.74) is 5.23. The number of benzene rings is 1. The lowest BCUT2D eigenvalue weighted by Crippen LogP contribution is -2.63. The molecule has 1 aliphatic heterocycles. The van der Waals surface area contributed by atoms with Gasteiger partial charge in [-0.2, -0.15) is 0 Å². The molecule has 1 heterocycles. The van der Waals surface area contributed by atoms with Crippen LogP contribution < -0.4 is 4.90 Å². The molecular weight excluding hydrogens is 284 g/mol. The average Bonchev–Trinajstić information content (AvgIpc) is 2.85. The highest BCUT2D eigenvalue weighted by atomic mass is 16.3. The summed E-state index contributed by atoms with van der Waals surface area (Å²) < 4.78 is 0. The van der Waals surface area contributed by atoms with Gasteiger partial charge in [-0.3, -0.25) is 0 Å². The van der Waals surface area contributed by atoms with Crippen LogP contribution in [0.5, 0.6) is 0 Å². The minimum absolute atomic E-state index is 0.0648. The van der Waals surface area contributed by atoms with Crippen molar-refractivity contribution in [1.29, 1.82) is 0 Å². The third kappa shape index (κ3) is 2.16. The van der Waals surface area contributed by atoms with E-state index in [0.717, 1.165) is 32.4 Å². The van der Waals surface area contributed by atoms with E-state index >= 15 is 0 Å². The average molecular weight is 314 g/mol. The first kappa shape index (κ1) is 15.5. The summed E-state index contributed by atoms with van der Waals surface area (Å²) in [7, 11) is 6.48. The molecule has 1 saturated carbocycles. The highest BCUT2D eigenvalue weighted by molar-refractivity contribution is 5.65. The minimum atomic E-state index is -0.520. The fourth-order valence-electron chi connectivity index (χ4n) is 5.41. The number of rotatable bonds is 3. The van der Waals surface area contributed by atoms with Gasteiger partial charge in [0.25, 0.3) is 0 Å². The molecule has 2 aliphatic carbocycles. The van der Waals surface area contributed by atoms with Crippen molar-refractivity contribution in [2.45, 2.75) is 56.0 Å². The second-order valence-electron chi connectivity index (χ2n) is 8.40. The van der Waals surface area contributed by atoms with Gasteiger partial charge in [-0.15, -0.1) is 0 Å². The molecule has 3 heteroatoms. The zero-order valence-electron chi connectivity index (χ0n) is 14.9.